The van der Waals surface area contributed by atoms with Crippen molar-refractivity contribution in [1.29, 1.82) is 5.26 Å². The van der Waals surface area contributed by atoms with E-state index >= 15 is 0 Å². The molecule has 0 aromatic heterocycles. The van der Waals surface area contributed by atoms with Gasteiger partial charge >= 0.3 is 12.2 Å². The molecular formula is C28H26F4N4O2. The Kier molecular flexibility index (Phi) is 8.29. The van der Waals surface area contributed by atoms with E-state index in [0.29, 0.717) is 55.9 Å². The van der Waals surface area contributed by atoms with Crippen molar-refractivity contribution < 1.29 is 27.5 Å². The molecule has 10 heteroatoms. The number of benzene rings is 3. The van der Waals surface area contributed by atoms with Crippen LogP contribution in [0.5, 0.6) is 0 Å². The summed E-state index contributed by atoms with van der Waals surface area (Å²) in [6.45, 7) is 2.05. The number of carbonyl (C=O) groups is 1. The van der Waals surface area contributed by atoms with Crippen molar-refractivity contribution in [3.63, 3.8) is 0 Å². The van der Waals surface area contributed by atoms with Crippen LogP contribution in [0.15, 0.2) is 66.7 Å². The molecule has 1 aliphatic rings. The smallest absolute Gasteiger partial charge is 0.393 e. The first-order valence-corrected chi connectivity index (χ1v) is 12.1. The van der Waals surface area contributed by atoms with E-state index in [2.05, 4.69) is 16.3 Å². The number of halogens is 4. The molecule has 3 aromatic carbocycles. The number of urea groups is 1. The van der Waals surface area contributed by atoms with Crippen molar-refractivity contribution in [1.82, 2.24) is 4.90 Å². The maximum Gasteiger partial charge on any atom is 0.419 e. The van der Waals surface area contributed by atoms with Gasteiger partial charge < -0.3 is 15.3 Å². The molecule has 1 aliphatic heterocycles. The number of rotatable bonds is 6. The van der Waals surface area contributed by atoms with Gasteiger partial charge in [-0.15, -0.1) is 0 Å². The summed E-state index contributed by atoms with van der Waals surface area (Å²) in [5.74, 6) is -1.42. The highest BCUT2D eigenvalue weighted by Crippen LogP contribution is 2.33. The van der Waals surface area contributed by atoms with Crippen LogP contribution in [-0.2, 0) is 6.18 Å². The van der Waals surface area contributed by atoms with Gasteiger partial charge in [0.2, 0.25) is 0 Å². The summed E-state index contributed by atoms with van der Waals surface area (Å²) in [6.07, 6.45) is -4.00. The zero-order chi connectivity index (χ0) is 27.3. The van der Waals surface area contributed by atoms with E-state index in [4.69, 9.17) is 5.26 Å². The first-order chi connectivity index (χ1) is 18.1. The molecule has 0 aliphatic carbocycles. The number of hydrogen-bond donors (Lipinski definition) is 2. The third-order valence-corrected chi connectivity index (χ3v) is 6.47. The van der Waals surface area contributed by atoms with Crippen LogP contribution >= 0.6 is 0 Å². The van der Waals surface area contributed by atoms with Gasteiger partial charge in [-0.2, -0.15) is 18.4 Å². The van der Waals surface area contributed by atoms with Gasteiger partial charge in [-0.1, -0.05) is 24.3 Å². The third kappa shape index (κ3) is 6.68. The molecule has 6 nitrogen and oxygen atoms in total. The average molecular weight is 527 g/mol. The average Bonchev–Trinajstić information content (AvgIpc) is 2.90. The van der Waals surface area contributed by atoms with E-state index in [-0.39, 0.29) is 18.3 Å². The fourth-order valence-electron chi connectivity index (χ4n) is 4.35. The summed E-state index contributed by atoms with van der Waals surface area (Å²) in [4.78, 5) is 16.8. The molecule has 4 rings (SSSR count). The van der Waals surface area contributed by atoms with Gasteiger partial charge in [0.05, 0.1) is 23.3 Å². The summed E-state index contributed by atoms with van der Waals surface area (Å²) >= 11 is 0. The number of amides is 2. The molecule has 0 unspecified atom stereocenters. The molecule has 0 spiro atoms. The Hall–Kier alpha value is -3.94. The maximum absolute atomic E-state index is 13.7. The summed E-state index contributed by atoms with van der Waals surface area (Å²) in [5, 5.41) is 21.4. The number of nitrogens with one attached hydrogen (secondary N) is 1. The molecule has 1 heterocycles. The lowest BCUT2D eigenvalue weighted by Crippen LogP contribution is -2.44. The fourth-order valence-corrected chi connectivity index (χ4v) is 4.35. The van der Waals surface area contributed by atoms with Crippen molar-refractivity contribution in [2.75, 3.05) is 36.4 Å². The normalized spacial score (nSPS) is 14.6. The first kappa shape index (κ1) is 27.1. The topological polar surface area (TPSA) is 79.6 Å². The Morgan fingerprint density at radius 2 is 1.76 bits per heavy atom. The molecule has 2 amide bonds. The number of hydrogen-bond acceptors (Lipinski definition) is 4. The summed E-state index contributed by atoms with van der Waals surface area (Å²) < 4.78 is 53.2. The minimum absolute atomic E-state index is 0.181. The summed E-state index contributed by atoms with van der Waals surface area (Å²) in [6, 6.07) is 17.9. The Bertz CT molecular complexity index is 1310. The van der Waals surface area contributed by atoms with Gasteiger partial charge in [0.15, 0.2) is 0 Å². The highest BCUT2D eigenvalue weighted by atomic mass is 19.4. The van der Waals surface area contributed by atoms with Crippen LogP contribution in [0.25, 0.3) is 11.1 Å². The van der Waals surface area contributed by atoms with E-state index in [1.54, 1.807) is 42.5 Å². The number of nitriles is 1. The van der Waals surface area contributed by atoms with Crippen LogP contribution < -0.4 is 10.2 Å². The van der Waals surface area contributed by atoms with Crippen LogP contribution in [0, 0.1) is 17.1 Å². The van der Waals surface area contributed by atoms with Gasteiger partial charge in [0.25, 0.3) is 0 Å². The SMILES string of the molecule is N#Cc1cccc(-c2ccc(N(CCN3CCC(O)CC3)C(=O)Nc3ccc(F)c(C(F)(F)F)c3)cc2)c1. The minimum atomic E-state index is -4.90. The second-order valence-electron chi connectivity index (χ2n) is 9.09. The molecule has 38 heavy (non-hydrogen) atoms. The van der Waals surface area contributed by atoms with Crippen LogP contribution in [0.4, 0.5) is 33.7 Å². The monoisotopic (exact) mass is 526 g/mol. The molecule has 0 radical (unpaired) electrons. The van der Waals surface area contributed by atoms with Gasteiger partial charge in [0.1, 0.15) is 5.82 Å². The highest BCUT2D eigenvalue weighted by Gasteiger charge is 2.34. The fraction of sp³-hybridized carbons (Fsp3) is 0.286. The van der Waals surface area contributed by atoms with E-state index < -0.39 is 23.6 Å². The van der Waals surface area contributed by atoms with Crippen LogP contribution in [0.1, 0.15) is 24.0 Å². The molecule has 2 N–H and O–H groups in total. The number of nitrogens with zero attached hydrogens (tertiary/aromatic N) is 3. The first-order valence-electron chi connectivity index (χ1n) is 12.1. The molecular weight excluding hydrogens is 500 g/mol. The molecule has 1 fully saturated rings. The number of aliphatic hydroxyl groups excluding tert-OH is 1. The second-order valence-corrected chi connectivity index (χ2v) is 9.09. The Labute approximate surface area is 217 Å². The molecule has 0 saturated carbocycles. The summed E-state index contributed by atoms with van der Waals surface area (Å²) in [5.41, 5.74) is 1.03. The molecule has 0 atom stereocenters. The Morgan fingerprint density at radius 3 is 2.42 bits per heavy atom. The second kappa shape index (κ2) is 11.6. The minimum Gasteiger partial charge on any atom is -0.393 e. The van der Waals surface area contributed by atoms with Gasteiger partial charge in [-0.3, -0.25) is 4.90 Å². The third-order valence-electron chi connectivity index (χ3n) is 6.47. The predicted octanol–water partition coefficient (Wildman–Crippen LogP) is 5.88. The summed E-state index contributed by atoms with van der Waals surface area (Å²) in [7, 11) is 0. The number of aliphatic hydroxyl groups is 1. The zero-order valence-corrected chi connectivity index (χ0v) is 20.4. The van der Waals surface area contributed by atoms with Crippen molar-refractivity contribution >= 4 is 17.4 Å². The van der Waals surface area contributed by atoms with Crippen molar-refractivity contribution in [3.8, 4) is 17.2 Å². The van der Waals surface area contributed by atoms with Crippen LogP contribution in [0.3, 0.4) is 0 Å². The van der Waals surface area contributed by atoms with E-state index in [0.717, 1.165) is 17.2 Å². The number of likely N-dealkylation sites (tertiary alicyclic amines) is 1. The van der Waals surface area contributed by atoms with Crippen molar-refractivity contribution in [2.45, 2.75) is 25.1 Å². The number of alkyl halides is 3. The van der Waals surface area contributed by atoms with Crippen LogP contribution in [-0.4, -0.2) is 48.3 Å². The lowest BCUT2D eigenvalue weighted by atomic mass is 10.0. The predicted molar refractivity (Wildman–Crippen MR) is 136 cm³/mol. The standard InChI is InChI=1S/C28H26F4N4O2/c29-26-9-6-22(17-25(26)28(30,31)32)34-27(38)36(15-14-35-12-10-24(37)11-13-35)23-7-4-20(5-8-23)21-3-1-2-19(16-21)18-33/h1-9,16-17,24,37H,10-15H2,(H,34,38). The van der Waals surface area contributed by atoms with E-state index in [1.807, 2.05) is 6.07 Å². The number of piperidine rings is 1. The van der Waals surface area contributed by atoms with Gasteiger partial charge in [-0.05, 0) is 66.4 Å². The van der Waals surface area contributed by atoms with Crippen LogP contribution in [0.2, 0.25) is 0 Å². The molecule has 3 aromatic rings. The van der Waals surface area contributed by atoms with E-state index in [1.165, 1.54) is 4.90 Å². The quantitative estimate of drug-likeness (QED) is 0.394. The number of carbonyl (C=O) groups excluding carboxylic acids is 1. The molecule has 0 bridgehead atoms. The Balaban J connectivity index is 1.57. The molecule has 1 saturated heterocycles. The van der Waals surface area contributed by atoms with Crippen molar-refractivity contribution in [2.24, 2.45) is 0 Å². The maximum atomic E-state index is 13.7. The molecule has 198 valence electrons. The van der Waals surface area contributed by atoms with Gasteiger partial charge in [0, 0.05) is 37.6 Å². The lowest BCUT2D eigenvalue weighted by Gasteiger charge is -2.32. The lowest BCUT2D eigenvalue weighted by molar-refractivity contribution is -0.139. The van der Waals surface area contributed by atoms with E-state index in [9.17, 15) is 27.5 Å². The highest BCUT2D eigenvalue weighted by molar-refractivity contribution is 6.02. The van der Waals surface area contributed by atoms with Gasteiger partial charge in [-0.25, -0.2) is 9.18 Å². The zero-order valence-electron chi connectivity index (χ0n) is 20.4. The largest absolute Gasteiger partial charge is 0.419 e. The Morgan fingerprint density at radius 1 is 1.05 bits per heavy atom. The number of anilines is 2. The van der Waals surface area contributed by atoms with Crippen molar-refractivity contribution in [3.05, 3.63) is 83.7 Å².